The molecule has 128 valence electrons. The second kappa shape index (κ2) is 20.3. The van der Waals surface area contributed by atoms with Gasteiger partial charge in [-0.2, -0.15) is 11.8 Å². The molecule has 0 saturated carbocycles. The van der Waals surface area contributed by atoms with Gasteiger partial charge < -0.3 is 5.11 Å². The van der Waals surface area contributed by atoms with E-state index in [2.05, 4.69) is 18.7 Å². The van der Waals surface area contributed by atoms with Crippen LogP contribution in [-0.4, -0.2) is 23.2 Å². The van der Waals surface area contributed by atoms with E-state index in [-0.39, 0.29) is 0 Å². The van der Waals surface area contributed by atoms with Gasteiger partial charge in [-0.15, -0.1) is 0 Å². The molecule has 0 unspecified atom stereocenters. The normalized spacial score (nSPS) is 11.1. The average Bonchev–Trinajstić information content (AvgIpc) is 2.50. The Balaban J connectivity index is 2.90. The van der Waals surface area contributed by atoms with E-state index < -0.39 is 0 Å². The van der Waals surface area contributed by atoms with Gasteiger partial charge in [0.1, 0.15) is 0 Å². The zero-order chi connectivity index (χ0) is 15.4. The van der Waals surface area contributed by atoms with E-state index in [0.717, 1.165) is 6.42 Å². The van der Waals surface area contributed by atoms with Crippen LogP contribution in [0.15, 0.2) is 0 Å². The summed E-state index contributed by atoms with van der Waals surface area (Å²) in [5.41, 5.74) is 0. The fourth-order valence-corrected chi connectivity index (χ4v) is 3.71. The molecule has 0 rings (SSSR count). The predicted molar refractivity (Wildman–Crippen MR) is 99.3 cm³/mol. The van der Waals surface area contributed by atoms with E-state index in [0.29, 0.717) is 6.61 Å². The van der Waals surface area contributed by atoms with Crippen LogP contribution < -0.4 is 0 Å². The fourth-order valence-electron chi connectivity index (χ4n) is 2.61. The van der Waals surface area contributed by atoms with Crippen LogP contribution >= 0.6 is 11.8 Å². The summed E-state index contributed by atoms with van der Waals surface area (Å²) in [6, 6.07) is 0. The van der Waals surface area contributed by atoms with Crippen molar-refractivity contribution < 1.29 is 5.11 Å². The van der Waals surface area contributed by atoms with E-state index in [1.807, 2.05) is 0 Å². The number of unbranched alkanes of at least 4 members (excludes halogenated alkanes) is 13. The highest BCUT2D eigenvalue weighted by Gasteiger charge is 1.94. The lowest BCUT2D eigenvalue weighted by Crippen LogP contribution is -1.86. The highest BCUT2D eigenvalue weighted by Crippen LogP contribution is 2.14. The van der Waals surface area contributed by atoms with Gasteiger partial charge in [0, 0.05) is 6.61 Å². The highest BCUT2D eigenvalue weighted by molar-refractivity contribution is 7.99. The Morgan fingerprint density at radius 2 is 0.905 bits per heavy atom. The molecule has 0 spiro atoms. The minimum atomic E-state index is 0.372. The topological polar surface area (TPSA) is 20.2 Å². The molecule has 0 aliphatic rings. The summed E-state index contributed by atoms with van der Waals surface area (Å²) in [6.07, 6.45) is 20.6. The molecule has 0 aliphatic heterocycles. The van der Waals surface area contributed by atoms with Crippen molar-refractivity contribution >= 4 is 11.8 Å². The van der Waals surface area contributed by atoms with Crippen LogP contribution in [0.25, 0.3) is 0 Å². The summed E-state index contributed by atoms with van der Waals surface area (Å²) in [4.78, 5) is 0. The van der Waals surface area contributed by atoms with Gasteiger partial charge in [-0.05, 0) is 30.8 Å². The molecule has 0 heterocycles. The van der Waals surface area contributed by atoms with Crippen LogP contribution in [-0.2, 0) is 0 Å². The van der Waals surface area contributed by atoms with E-state index in [1.54, 1.807) is 0 Å². The molecule has 1 N–H and O–H groups in total. The Hall–Kier alpha value is 0.310. The van der Waals surface area contributed by atoms with Crippen molar-refractivity contribution in [3.63, 3.8) is 0 Å². The maximum Gasteiger partial charge on any atom is 0.0431 e. The summed E-state index contributed by atoms with van der Waals surface area (Å²) in [6.45, 7) is 2.65. The molecule has 0 aromatic carbocycles. The molecule has 0 aromatic heterocycles. The summed E-state index contributed by atoms with van der Waals surface area (Å²) >= 11 is 2.15. The van der Waals surface area contributed by atoms with Crippen LogP contribution in [0.1, 0.15) is 103 Å². The second-order valence-electron chi connectivity index (χ2n) is 6.29. The number of thioether (sulfide) groups is 1. The van der Waals surface area contributed by atoms with Gasteiger partial charge in [0.2, 0.25) is 0 Å². The summed E-state index contributed by atoms with van der Waals surface area (Å²) in [5.74, 6) is 2.76. The van der Waals surface area contributed by atoms with Crippen molar-refractivity contribution in [3.8, 4) is 0 Å². The minimum Gasteiger partial charge on any atom is -0.396 e. The summed E-state index contributed by atoms with van der Waals surface area (Å²) in [5, 5.41) is 8.69. The van der Waals surface area contributed by atoms with E-state index in [4.69, 9.17) is 5.11 Å². The van der Waals surface area contributed by atoms with Crippen molar-refractivity contribution in [1.29, 1.82) is 0 Å². The Morgan fingerprint density at radius 1 is 0.524 bits per heavy atom. The summed E-state index contributed by atoms with van der Waals surface area (Å²) in [7, 11) is 0. The van der Waals surface area contributed by atoms with Crippen molar-refractivity contribution in [2.24, 2.45) is 0 Å². The van der Waals surface area contributed by atoms with Gasteiger partial charge >= 0.3 is 0 Å². The maximum atomic E-state index is 8.69. The Labute approximate surface area is 138 Å². The largest absolute Gasteiger partial charge is 0.396 e. The van der Waals surface area contributed by atoms with Gasteiger partial charge in [-0.3, -0.25) is 0 Å². The van der Waals surface area contributed by atoms with Crippen LogP contribution in [0.5, 0.6) is 0 Å². The molecule has 0 radical (unpaired) electrons. The predicted octanol–water partition coefficient (Wildman–Crippen LogP) is 6.58. The number of hydrogen-bond donors (Lipinski definition) is 1. The third kappa shape index (κ3) is 20.3. The third-order valence-corrected chi connectivity index (χ3v) is 5.24. The Bertz CT molecular complexity index is 155. The van der Waals surface area contributed by atoms with Crippen molar-refractivity contribution in [2.45, 2.75) is 103 Å². The summed E-state index contributed by atoms with van der Waals surface area (Å²) < 4.78 is 0. The second-order valence-corrected chi connectivity index (χ2v) is 7.51. The highest BCUT2D eigenvalue weighted by atomic mass is 32.2. The molecule has 21 heavy (non-hydrogen) atoms. The lowest BCUT2D eigenvalue weighted by Gasteiger charge is -2.03. The minimum absolute atomic E-state index is 0.372. The van der Waals surface area contributed by atoms with Gasteiger partial charge in [-0.1, -0.05) is 84.0 Å². The number of rotatable bonds is 18. The van der Waals surface area contributed by atoms with E-state index in [9.17, 15) is 0 Å². The molecular formula is C19H40OS. The average molecular weight is 317 g/mol. The van der Waals surface area contributed by atoms with Gasteiger partial charge in [0.05, 0.1) is 0 Å². The number of hydrogen-bond acceptors (Lipinski definition) is 2. The first-order valence-electron chi connectivity index (χ1n) is 9.60. The molecule has 0 atom stereocenters. The Morgan fingerprint density at radius 3 is 1.33 bits per heavy atom. The van der Waals surface area contributed by atoms with Gasteiger partial charge in [0.25, 0.3) is 0 Å². The monoisotopic (exact) mass is 316 g/mol. The number of aliphatic hydroxyl groups is 1. The SMILES string of the molecule is CCCCSCCCCCCCCCCCCCCCO. The van der Waals surface area contributed by atoms with E-state index >= 15 is 0 Å². The van der Waals surface area contributed by atoms with Crippen LogP contribution in [0, 0.1) is 0 Å². The smallest absolute Gasteiger partial charge is 0.0431 e. The van der Waals surface area contributed by atoms with Crippen molar-refractivity contribution in [3.05, 3.63) is 0 Å². The lowest BCUT2D eigenvalue weighted by molar-refractivity contribution is 0.282. The first-order valence-corrected chi connectivity index (χ1v) is 10.8. The first-order chi connectivity index (χ1) is 10.4. The quantitative estimate of drug-likeness (QED) is 0.288. The van der Waals surface area contributed by atoms with Crippen molar-refractivity contribution in [2.75, 3.05) is 18.1 Å². The maximum absolute atomic E-state index is 8.69. The first kappa shape index (κ1) is 21.3. The molecule has 0 saturated heterocycles. The van der Waals surface area contributed by atoms with Crippen molar-refractivity contribution in [1.82, 2.24) is 0 Å². The molecular weight excluding hydrogens is 276 g/mol. The van der Waals surface area contributed by atoms with Crippen LogP contribution in [0.4, 0.5) is 0 Å². The standard InChI is InChI=1S/C19H40OS/c1-2-3-18-21-19-16-14-12-10-8-6-4-5-7-9-11-13-15-17-20/h20H,2-19H2,1H3. The van der Waals surface area contributed by atoms with E-state index in [1.165, 1.54) is 101 Å². The van der Waals surface area contributed by atoms with Crippen LogP contribution in [0.3, 0.4) is 0 Å². The van der Waals surface area contributed by atoms with Gasteiger partial charge in [-0.25, -0.2) is 0 Å². The molecule has 0 aromatic rings. The molecule has 0 fully saturated rings. The zero-order valence-electron chi connectivity index (χ0n) is 14.6. The third-order valence-electron chi connectivity index (χ3n) is 4.09. The number of aliphatic hydroxyl groups excluding tert-OH is 1. The molecule has 0 bridgehead atoms. The lowest BCUT2D eigenvalue weighted by atomic mass is 10.0. The molecule has 0 amide bonds. The van der Waals surface area contributed by atoms with Crippen LogP contribution in [0.2, 0.25) is 0 Å². The Kier molecular flexibility index (Phi) is 20.6. The van der Waals surface area contributed by atoms with Gasteiger partial charge in [0.15, 0.2) is 0 Å². The zero-order valence-corrected chi connectivity index (χ0v) is 15.4. The molecule has 0 aliphatic carbocycles. The molecule has 1 nitrogen and oxygen atoms in total. The fraction of sp³-hybridized carbons (Fsp3) is 1.00. The molecule has 2 heteroatoms.